The van der Waals surface area contributed by atoms with Crippen LogP contribution in [0.2, 0.25) is 0 Å². The third-order valence-electron chi connectivity index (χ3n) is 2.92. The molecular weight excluding hydrogens is 288 g/mol. The molecule has 0 saturated carbocycles. The van der Waals surface area contributed by atoms with Crippen LogP contribution < -0.4 is 10.5 Å². The van der Waals surface area contributed by atoms with E-state index < -0.39 is 0 Å². The van der Waals surface area contributed by atoms with Gasteiger partial charge in [-0.1, -0.05) is 25.1 Å². The fraction of sp³-hybridized carbons (Fsp3) is 0.467. The fourth-order valence-corrected chi connectivity index (χ4v) is 2.43. The summed E-state index contributed by atoms with van der Waals surface area (Å²) in [6, 6.07) is 3.33. The number of carbonyl (C=O) groups excluding carboxylic acids is 1. The molecule has 0 fully saturated rings. The number of aromatic hydroxyl groups is 1. The molecule has 0 spiro atoms. The molecule has 116 valence electrons. The largest absolute Gasteiger partial charge is 0.507 e. The van der Waals surface area contributed by atoms with E-state index in [1.165, 1.54) is 18.7 Å². The van der Waals surface area contributed by atoms with Crippen molar-refractivity contribution in [2.75, 3.05) is 12.4 Å². The molecule has 6 heteroatoms. The Morgan fingerprint density at radius 1 is 1.48 bits per heavy atom. The highest BCUT2D eigenvalue weighted by atomic mass is 32.2. The Morgan fingerprint density at radius 2 is 2.19 bits per heavy atom. The zero-order valence-corrected chi connectivity index (χ0v) is 13.3. The number of ketones is 1. The van der Waals surface area contributed by atoms with E-state index in [1.54, 1.807) is 12.1 Å². The number of phenols is 1. The smallest absolute Gasteiger partial charge is 0.163 e. The number of carbonyl (C=O) groups is 1. The van der Waals surface area contributed by atoms with Gasteiger partial charge in [-0.05, 0) is 31.9 Å². The average Bonchev–Trinajstić information content (AvgIpc) is 2.41. The second-order valence-electron chi connectivity index (χ2n) is 4.66. The van der Waals surface area contributed by atoms with Crippen LogP contribution in [0.4, 0.5) is 0 Å². The molecule has 1 aromatic rings. The maximum Gasteiger partial charge on any atom is 0.163 e. The number of ether oxygens (including phenoxy) is 1. The maximum atomic E-state index is 11.5. The van der Waals surface area contributed by atoms with E-state index in [0.717, 1.165) is 18.6 Å². The van der Waals surface area contributed by atoms with Gasteiger partial charge in [-0.15, -0.1) is 0 Å². The van der Waals surface area contributed by atoms with Gasteiger partial charge in [0.05, 0.1) is 12.2 Å². The molecule has 0 unspecified atom stereocenters. The van der Waals surface area contributed by atoms with Crippen molar-refractivity contribution in [3.05, 3.63) is 23.3 Å². The third kappa shape index (κ3) is 5.30. The molecule has 1 rings (SSSR count). The monoisotopic (exact) mass is 310 g/mol. The quantitative estimate of drug-likeness (QED) is 0.297. The van der Waals surface area contributed by atoms with Gasteiger partial charge in [-0.2, -0.15) is 0 Å². The van der Waals surface area contributed by atoms with Crippen LogP contribution in [0.1, 0.15) is 42.6 Å². The number of benzene rings is 1. The summed E-state index contributed by atoms with van der Waals surface area (Å²) in [6.45, 7) is 3.92. The van der Waals surface area contributed by atoms with Crippen molar-refractivity contribution >= 4 is 22.7 Å². The molecule has 0 aliphatic rings. The van der Waals surface area contributed by atoms with Crippen molar-refractivity contribution in [3.8, 4) is 11.5 Å². The SMILES string of the molecule is CCCc1c(OCCCSC(=N)N)ccc(C(C)=O)c1O. The van der Waals surface area contributed by atoms with Gasteiger partial charge in [0.1, 0.15) is 11.5 Å². The Morgan fingerprint density at radius 3 is 2.76 bits per heavy atom. The van der Waals surface area contributed by atoms with E-state index >= 15 is 0 Å². The predicted molar refractivity (Wildman–Crippen MR) is 86.6 cm³/mol. The van der Waals surface area contributed by atoms with Crippen LogP contribution >= 0.6 is 11.8 Å². The minimum Gasteiger partial charge on any atom is -0.507 e. The lowest BCUT2D eigenvalue weighted by Gasteiger charge is -2.14. The number of rotatable bonds is 8. The van der Waals surface area contributed by atoms with Gasteiger partial charge >= 0.3 is 0 Å². The Kier molecular flexibility index (Phi) is 7.08. The zero-order chi connectivity index (χ0) is 15.8. The first kappa shape index (κ1) is 17.4. The first-order chi connectivity index (χ1) is 9.97. The van der Waals surface area contributed by atoms with Crippen molar-refractivity contribution in [1.82, 2.24) is 0 Å². The first-order valence-corrected chi connectivity index (χ1v) is 7.91. The Bertz CT molecular complexity index is 518. The van der Waals surface area contributed by atoms with Crippen LogP contribution in [0.5, 0.6) is 11.5 Å². The van der Waals surface area contributed by atoms with E-state index in [-0.39, 0.29) is 16.7 Å². The molecule has 4 N–H and O–H groups in total. The minimum atomic E-state index is -0.158. The molecule has 0 bridgehead atoms. The standard InChI is InChI=1S/C15H22N2O3S/c1-3-5-12-13(20-8-4-9-21-15(16)17)7-6-11(10(2)18)14(12)19/h6-7,19H,3-5,8-9H2,1-2H3,(H3,16,17). The molecule has 1 aromatic carbocycles. The minimum absolute atomic E-state index is 0.0277. The van der Waals surface area contributed by atoms with E-state index in [0.29, 0.717) is 29.9 Å². The highest BCUT2D eigenvalue weighted by Gasteiger charge is 2.15. The highest BCUT2D eigenvalue weighted by Crippen LogP contribution is 2.33. The zero-order valence-electron chi connectivity index (χ0n) is 12.4. The van der Waals surface area contributed by atoms with Crippen LogP contribution in [0.15, 0.2) is 12.1 Å². The van der Waals surface area contributed by atoms with Crippen LogP contribution in [0, 0.1) is 5.41 Å². The molecule has 0 saturated heterocycles. The summed E-state index contributed by atoms with van der Waals surface area (Å²) < 4.78 is 5.69. The summed E-state index contributed by atoms with van der Waals surface area (Å²) >= 11 is 1.28. The lowest BCUT2D eigenvalue weighted by Crippen LogP contribution is -2.07. The van der Waals surface area contributed by atoms with Crippen LogP contribution in [0.25, 0.3) is 0 Å². The number of hydrogen-bond acceptors (Lipinski definition) is 5. The van der Waals surface area contributed by atoms with Crippen LogP contribution in [-0.4, -0.2) is 28.4 Å². The number of hydrogen-bond donors (Lipinski definition) is 3. The van der Waals surface area contributed by atoms with Crippen molar-refractivity contribution in [1.29, 1.82) is 5.41 Å². The van der Waals surface area contributed by atoms with Gasteiger partial charge in [0, 0.05) is 11.3 Å². The third-order valence-corrected chi connectivity index (χ3v) is 3.73. The fourth-order valence-electron chi connectivity index (χ4n) is 1.95. The Balaban J connectivity index is 2.75. The summed E-state index contributed by atoms with van der Waals surface area (Å²) in [7, 11) is 0. The first-order valence-electron chi connectivity index (χ1n) is 6.92. The number of phenolic OH excluding ortho intramolecular Hbond substituents is 1. The number of thioether (sulfide) groups is 1. The number of amidine groups is 1. The summed E-state index contributed by atoms with van der Waals surface area (Å²) in [6.07, 6.45) is 2.26. The normalized spacial score (nSPS) is 10.4. The molecule has 21 heavy (non-hydrogen) atoms. The molecule has 0 aliphatic carbocycles. The number of Topliss-reactive ketones (excluding diaryl/α,β-unsaturated/α-hetero) is 1. The van der Waals surface area contributed by atoms with Crippen molar-refractivity contribution < 1.29 is 14.6 Å². The maximum absolute atomic E-state index is 11.5. The predicted octanol–water partition coefficient (Wildman–Crippen LogP) is 2.94. The van der Waals surface area contributed by atoms with Crippen molar-refractivity contribution in [2.24, 2.45) is 5.73 Å². The molecule has 0 aromatic heterocycles. The lowest BCUT2D eigenvalue weighted by molar-refractivity contribution is 0.101. The molecule has 0 aliphatic heterocycles. The number of nitrogens with one attached hydrogen (secondary N) is 1. The van der Waals surface area contributed by atoms with E-state index in [2.05, 4.69) is 0 Å². The van der Waals surface area contributed by atoms with Crippen LogP contribution in [-0.2, 0) is 6.42 Å². The second kappa shape index (κ2) is 8.56. The van der Waals surface area contributed by atoms with E-state index in [9.17, 15) is 9.90 Å². The molecular formula is C15H22N2O3S. The Hall–Kier alpha value is -1.69. The highest BCUT2D eigenvalue weighted by molar-refractivity contribution is 8.13. The van der Waals surface area contributed by atoms with E-state index in [4.69, 9.17) is 15.9 Å². The summed E-state index contributed by atoms with van der Waals surface area (Å²) in [5.74, 6) is 1.21. The lowest BCUT2D eigenvalue weighted by atomic mass is 10.0. The molecule has 0 radical (unpaired) electrons. The van der Waals surface area contributed by atoms with Gasteiger partial charge < -0.3 is 15.6 Å². The molecule has 0 amide bonds. The molecule has 0 atom stereocenters. The van der Waals surface area contributed by atoms with Crippen LogP contribution in [0.3, 0.4) is 0 Å². The van der Waals surface area contributed by atoms with Gasteiger partial charge in [0.2, 0.25) is 0 Å². The molecule has 5 nitrogen and oxygen atoms in total. The van der Waals surface area contributed by atoms with Gasteiger partial charge in [0.15, 0.2) is 11.0 Å². The topological polar surface area (TPSA) is 96.4 Å². The number of nitrogens with two attached hydrogens (primary N) is 1. The van der Waals surface area contributed by atoms with Gasteiger partial charge in [-0.25, -0.2) is 0 Å². The van der Waals surface area contributed by atoms with Crippen molar-refractivity contribution in [3.63, 3.8) is 0 Å². The second-order valence-corrected chi connectivity index (χ2v) is 5.80. The van der Waals surface area contributed by atoms with Gasteiger partial charge in [0.25, 0.3) is 0 Å². The summed E-state index contributed by atoms with van der Waals surface area (Å²) in [5.41, 5.74) is 6.27. The van der Waals surface area contributed by atoms with E-state index in [1.807, 2.05) is 6.92 Å². The average molecular weight is 310 g/mol. The Labute approximate surface area is 129 Å². The summed E-state index contributed by atoms with van der Waals surface area (Å²) in [4.78, 5) is 11.5. The van der Waals surface area contributed by atoms with Gasteiger partial charge in [-0.3, -0.25) is 10.2 Å². The summed E-state index contributed by atoms with van der Waals surface area (Å²) in [5, 5.41) is 17.4. The molecule has 0 heterocycles. The van der Waals surface area contributed by atoms with Crippen molar-refractivity contribution in [2.45, 2.75) is 33.1 Å².